The van der Waals surface area contributed by atoms with Crippen molar-refractivity contribution < 1.29 is 20.1 Å². The van der Waals surface area contributed by atoms with Gasteiger partial charge in [0.2, 0.25) is 0 Å². The summed E-state index contributed by atoms with van der Waals surface area (Å²) >= 11 is 0. The molecule has 5 aliphatic carbocycles. The maximum Gasteiger partial charge on any atom is 0.159 e. The molecular formula is C30H48O4. The van der Waals surface area contributed by atoms with Gasteiger partial charge in [-0.15, -0.1) is 0 Å². The fourth-order valence-electron chi connectivity index (χ4n) is 11.2. The molecule has 7 aliphatic rings. The molecule has 0 aromatic carbocycles. The van der Waals surface area contributed by atoms with Crippen molar-refractivity contribution in [3.8, 4) is 0 Å². The molecular weight excluding hydrogens is 424 g/mol. The van der Waals surface area contributed by atoms with E-state index in [2.05, 4.69) is 47.6 Å². The van der Waals surface area contributed by atoms with E-state index in [-0.39, 0.29) is 44.7 Å². The first kappa shape index (κ1) is 23.9. The number of aliphatic hydroxyl groups excluding tert-OH is 3. The van der Waals surface area contributed by atoms with Gasteiger partial charge in [0.15, 0.2) is 6.29 Å². The summed E-state index contributed by atoms with van der Waals surface area (Å²) in [7, 11) is 0. The summed E-state index contributed by atoms with van der Waals surface area (Å²) in [6.07, 6.45) is 10.4. The highest BCUT2D eigenvalue weighted by Gasteiger charge is 2.70. The van der Waals surface area contributed by atoms with Gasteiger partial charge in [-0.05, 0) is 97.2 Å². The lowest BCUT2D eigenvalue weighted by Crippen LogP contribution is -2.66. The Morgan fingerprint density at radius 1 is 0.824 bits per heavy atom. The lowest BCUT2D eigenvalue weighted by Gasteiger charge is -2.71. The minimum Gasteiger partial charge on any atom is -0.393 e. The van der Waals surface area contributed by atoms with E-state index in [1.54, 1.807) is 5.57 Å². The van der Waals surface area contributed by atoms with Crippen LogP contribution in [0.25, 0.3) is 0 Å². The third-order valence-corrected chi connectivity index (χ3v) is 13.8. The van der Waals surface area contributed by atoms with Crippen molar-refractivity contribution in [1.29, 1.82) is 0 Å². The quantitative estimate of drug-likeness (QED) is 0.410. The molecule has 4 heteroatoms. The monoisotopic (exact) mass is 472 g/mol. The van der Waals surface area contributed by atoms with E-state index in [4.69, 9.17) is 4.74 Å². The van der Waals surface area contributed by atoms with Crippen molar-refractivity contribution in [2.75, 3.05) is 6.61 Å². The highest BCUT2D eigenvalue weighted by molar-refractivity contribution is 5.35. The summed E-state index contributed by atoms with van der Waals surface area (Å²) in [5.41, 5.74) is 1.38. The minimum atomic E-state index is -0.728. The summed E-state index contributed by atoms with van der Waals surface area (Å²) in [5.74, 6) is 1.41. The molecule has 0 amide bonds. The van der Waals surface area contributed by atoms with E-state index in [9.17, 15) is 15.3 Å². The molecule has 0 aromatic rings. The van der Waals surface area contributed by atoms with Crippen molar-refractivity contribution in [3.63, 3.8) is 0 Å². The zero-order valence-corrected chi connectivity index (χ0v) is 22.4. The van der Waals surface area contributed by atoms with Crippen molar-refractivity contribution in [1.82, 2.24) is 0 Å². The van der Waals surface area contributed by atoms with Crippen LogP contribution in [0, 0.1) is 50.2 Å². The lowest BCUT2D eigenvalue weighted by atomic mass is 9.33. The predicted molar refractivity (Wildman–Crippen MR) is 133 cm³/mol. The summed E-state index contributed by atoms with van der Waals surface area (Å²) in [4.78, 5) is 0. The van der Waals surface area contributed by atoms with Gasteiger partial charge in [0.25, 0.3) is 0 Å². The molecule has 4 saturated carbocycles. The number of fused-ring (bicyclic) bond motifs is 8. The maximum atomic E-state index is 11.9. The van der Waals surface area contributed by atoms with Gasteiger partial charge >= 0.3 is 0 Å². The Kier molecular flexibility index (Phi) is 4.87. The molecule has 6 fully saturated rings. The first-order chi connectivity index (χ1) is 15.7. The van der Waals surface area contributed by atoms with Gasteiger partial charge in [0.05, 0.1) is 18.8 Å². The van der Waals surface area contributed by atoms with Crippen LogP contribution in [0.5, 0.6) is 0 Å². The van der Waals surface area contributed by atoms with E-state index in [0.29, 0.717) is 24.4 Å². The zero-order chi connectivity index (χ0) is 24.5. The molecule has 3 N–H and O–H groups in total. The second-order valence-corrected chi connectivity index (χ2v) is 15.2. The Morgan fingerprint density at radius 2 is 1.56 bits per heavy atom. The van der Waals surface area contributed by atoms with Crippen LogP contribution >= 0.6 is 0 Å². The van der Waals surface area contributed by atoms with Gasteiger partial charge in [0.1, 0.15) is 0 Å². The van der Waals surface area contributed by atoms with Gasteiger partial charge < -0.3 is 20.1 Å². The molecule has 0 radical (unpaired) electrons. The van der Waals surface area contributed by atoms with Crippen LogP contribution in [0.3, 0.4) is 0 Å². The van der Waals surface area contributed by atoms with Gasteiger partial charge in [0, 0.05) is 10.8 Å². The first-order valence-electron chi connectivity index (χ1n) is 14.1. The Labute approximate surface area is 206 Å². The van der Waals surface area contributed by atoms with E-state index in [1.165, 1.54) is 12.8 Å². The minimum absolute atomic E-state index is 0.0365. The standard InChI is InChI=1S/C30H48O4/c1-25(2)20-9-12-28(5)21(27(20,4)11-10-22(25)31)8-7-18-19-15-26(3)13-14-30(19,17-34-24(26)33)23(32)16-29(18,28)6/h7,19-24,31-33H,8-17H2,1-6H3/t19-,20-,21+,22-,23+,24+,26-,27-,28+,29+,30+/m0/s1. The fraction of sp³-hybridized carbons (Fsp3) is 0.933. The zero-order valence-electron chi connectivity index (χ0n) is 22.4. The van der Waals surface area contributed by atoms with Gasteiger partial charge in [-0.25, -0.2) is 0 Å². The van der Waals surface area contributed by atoms with Crippen molar-refractivity contribution in [2.24, 2.45) is 50.2 Å². The molecule has 0 unspecified atom stereocenters. The molecule has 2 bridgehead atoms. The SMILES string of the molecule is CC1(C)[C@@H](O)CC[C@]2(C)[C@H]3CC=C4[C@@H]5C[C@]6(C)CC[C@]5(CO[C@H]6O)[C@H](O)C[C@@]4(C)[C@]3(C)CC[C@@H]12. The van der Waals surface area contributed by atoms with Crippen LogP contribution in [0.1, 0.15) is 99.3 Å². The number of hydrogen-bond acceptors (Lipinski definition) is 4. The molecule has 2 aliphatic heterocycles. The second-order valence-electron chi connectivity index (χ2n) is 15.2. The van der Waals surface area contributed by atoms with Crippen LogP contribution in [0.4, 0.5) is 0 Å². The molecule has 192 valence electrons. The summed E-state index contributed by atoms with van der Waals surface area (Å²) in [6, 6.07) is 0. The van der Waals surface area contributed by atoms with Gasteiger partial charge in [-0.2, -0.15) is 0 Å². The Balaban J connectivity index is 1.45. The highest BCUT2D eigenvalue weighted by Crippen LogP contribution is 2.76. The van der Waals surface area contributed by atoms with E-state index < -0.39 is 6.29 Å². The average molecular weight is 473 g/mol. The molecule has 7 rings (SSSR count). The smallest absolute Gasteiger partial charge is 0.159 e. The Morgan fingerprint density at radius 3 is 2.29 bits per heavy atom. The van der Waals surface area contributed by atoms with Crippen molar-refractivity contribution in [2.45, 2.75) is 118 Å². The second kappa shape index (κ2) is 6.91. The topological polar surface area (TPSA) is 69.9 Å². The van der Waals surface area contributed by atoms with Gasteiger partial charge in [-0.3, -0.25) is 0 Å². The number of ether oxygens (including phenoxy) is 1. The fourth-order valence-corrected chi connectivity index (χ4v) is 11.2. The Bertz CT molecular complexity index is 907. The van der Waals surface area contributed by atoms with Crippen molar-refractivity contribution >= 4 is 0 Å². The molecule has 2 saturated heterocycles. The van der Waals surface area contributed by atoms with Crippen LogP contribution in [-0.4, -0.2) is 40.4 Å². The van der Waals surface area contributed by atoms with Crippen LogP contribution in [0.2, 0.25) is 0 Å². The summed E-state index contributed by atoms with van der Waals surface area (Å²) in [5, 5.41) is 33.6. The third-order valence-electron chi connectivity index (χ3n) is 13.8. The maximum absolute atomic E-state index is 11.9. The first-order valence-corrected chi connectivity index (χ1v) is 14.1. The van der Waals surface area contributed by atoms with Gasteiger partial charge in [-0.1, -0.05) is 53.2 Å². The largest absolute Gasteiger partial charge is 0.393 e. The predicted octanol–water partition coefficient (Wildman–Crippen LogP) is 5.45. The van der Waals surface area contributed by atoms with E-state index in [1.807, 2.05) is 0 Å². The van der Waals surface area contributed by atoms with Crippen LogP contribution < -0.4 is 0 Å². The molecule has 2 heterocycles. The van der Waals surface area contributed by atoms with E-state index >= 15 is 0 Å². The van der Waals surface area contributed by atoms with Crippen molar-refractivity contribution in [3.05, 3.63) is 11.6 Å². The molecule has 4 nitrogen and oxygen atoms in total. The number of hydrogen-bond donors (Lipinski definition) is 3. The lowest BCUT2D eigenvalue weighted by molar-refractivity contribution is -0.215. The Hall–Kier alpha value is -0.420. The van der Waals surface area contributed by atoms with Crippen LogP contribution in [0.15, 0.2) is 11.6 Å². The molecule has 0 aromatic heterocycles. The van der Waals surface area contributed by atoms with E-state index in [0.717, 1.165) is 44.9 Å². The molecule has 1 spiro atoms. The van der Waals surface area contributed by atoms with Crippen LogP contribution in [-0.2, 0) is 4.74 Å². The number of allylic oxidation sites excluding steroid dienone is 2. The summed E-state index contributed by atoms with van der Waals surface area (Å²) < 4.78 is 6.03. The third kappa shape index (κ3) is 2.60. The summed E-state index contributed by atoms with van der Waals surface area (Å²) in [6.45, 7) is 14.8. The molecule has 11 atom stereocenters. The number of aliphatic hydroxyl groups is 3. The average Bonchev–Trinajstić information content (AvgIpc) is 2.96. The highest BCUT2D eigenvalue weighted by atomic mass is 16.6. The number of rotatable bonds is 0. The molecule has 34 heavy (non-hydrogen) atoms. The normalized spacial score (nSPS) is 60.2.